The Bertz CT molecular complexity index is 1560. The molecule has 10 heteroatoms. The van der Waals surface area contributed by atoms with E-state index >= 15 is 0 Å². The summed E-state index contributed by atoms with van der Waals surface area (Å²) in [6, 6.07) is 15.3. The third-order valence-corrected chi connectivity index (χ3v) is 5.76. The zero-order valence-corrected chi connectivity index (χ0v) is 20.2. The first-order valence-corrected chi connectivity index (χ1v) is 11.2. The zero-order chi connectivity index (χ0) is 26.0. The first-order valence-electron chi connectivity index (χ1n) is 11.2. The van der Waals surface area contributed by atoms with Crippen LogP contribution >= 0.6 is 0 Å². The Hall–Kier alpha value is -4.60. The van der Waals surface area contributed by atoms with Gasteiger partial charge in [-0.1, -0.05) is 18.2 Å². The highest BCUT2D eigenvalue weighted by Crippen LogP contribution is 2.22. The number of hydrogen-bond donors (Lipinski definition) is 1. The minimum Gasteiger partial charge on any atom is -0.482 e. The molecule has 4 aromatic rings. The van der Waals surface area contributed by atoms with E-state index in [2.05, 4.69) is 5.32 Å². The molecule has 186 valence electrons. The van der Waals surface area contributed by atoms with Crippen molar-refractivity contribution >= 4 is 28.5 Å². The minimum atomic E-state index is -1.18. The van der Waals surface area contributed by atoms with Crippen LogP contribution in [-0.4, -0.2) is 34.0 Å². The summed E-state index contributed by atoms with van der Waals surface area (Å²) < 4.78 is 18.8. The molecule has 0 fully saturated rings. The Morgan fingerprint density at radius 2 is 1.78 bits per heavy atom. The third kappa shape index (κ3) is 4.92. The molecule has 1 atom stereocenters. The number of aromatic nitrogens is 2. The normalized spacial score (nSPS) is 11.8. The average Bonchev–Trinajstić information content (AvgIpc) is 3.05. The molecule has 1 amide bonds. The van der Waals surface area contributed by atoms with E-state index in [0.29, 0.717) is 22.7 Å². The molecule has 0 saturated heterocycles. The molecule has 0 aliphatic rings. The van der Waals surface area contributed by atoms with Crippen molar-refractivity contribution in [1.82, 2.24) is 9.36 Å². The number of carbonyl (C=O) groups excluding carboxylic acids is 2. The maximum atomic E-state index is 13.0. The van der Waals surface area contributed by atoms with E-state index in [0.717, 1.165) is 10.9 Å². The predicted octanol–water partition coefficient (Wildman–Crippen LogP) is 2.85. The molecule has 36 heavy (non-hydrogen) atoms. The molecule has 0 bridgehead atoms. The lowest BCUT2D eigenvalue weighted by Crippen LogP contribution is -2.33. The fourth-order valence-electron chi connectivity index (χ4n) is 3.76. The summed E-state index contributed by atoms with van der Waals surface area (Å²) in [6.45, 7) is 4.42. The van der Waals surface area contributed by atoms with Crippen LogP contribution in [0.2, 0.25) is 0 Å². The fraction of sp³-hybridized carbons (Fsp3) is 0.231. The van der Waals surface area contributed by atoms with Crippen molar-refractivity contribution in [2.24, 2.45) is 7.05 Å². The summed E-state index contributed by atoms with van der Waals surface area (Å²) in [7, 11) is 1.71. The number of carbonyl (C=O) groups is 2. The van der Waals surface area contributed by atoms with Crippen LogP contribution in [0.15, 0.2) is 68.6 Å². The van der Waals surface area contributed by atoms with Gasteiger partial charge >= 0.3 is 11.6 Å². The summed E-state index contributed by atoms with van der Waals surface area (Å²) in [6.07, 6.45) is -1.18. The van der Waals surface area contributed by atoms with Gasteiger partial charge in [0.1, 0.15) is 17.0 Å². The van der Waals surface area contributed by atoms with Crippen LogP contribution in [-0.2, 0) is 21.4 Å². The summed E-state index contributed by atoms with van der Waals surface area (Å²) in [5.74, 6) is -1.14. The summed E-state index contributed by atoms with van der Waals surface area (Å²) in [5, 5.41) is 3.31. The Balaban J connectivity index is 1.39. The summed E-state index contributed by atoms with van der Waals surface area (Å²) in [4.78, 5) is 49.5. The molecule has 0 aliphatic heterocycles. The first-order chi connectivity index (χ1) is 17.2. The number of nitrogens with zero attached hydrogens (tertiary/aromatic N) is 2. The Morgan fingerprint density at radius 1 is 1.06 bits per heavy atom. The van der Waals surface area contributed by atoms with Gasteiger partial charge < -0.3 is 19.2 Å². The average molecular weight is 492 g/mol. The van der Waals surface area contributed by atoms with Gasteiger partial charge in [0.2, 0.25) is 0 Å². The fourth-order valence-corrected chi connectivity index (χ4v) is 3.76. The molecule has 1 unspecified atom stereocenters. The van der Waals surface area contributed by atoms with Crippen LogP contribution in [0.3, 0.4) is 0 Å². The standard InChI is InChI=1S/C26H25N3O7/c1-15-12-22(30)36-21-13-19(10-11-20(15)21)34-14-23(31)35-17(3)25(32)27-24-16(2)28(4)29(26(24)33)18-8-6-5-7-9-18/h5-13,17H,14H2,1-4H3,(H,27,32). The van der Waals surface area contributed by atoms with Gasteiger partial charge in [0, 0.05) is 24.6 Å². The van der Waals surface area contributed by atoms with Gasteiger partial charge in [0.25, 0.3) is 11.5 Å². The van der Waals surface area contributed by atoms with E-state index in [1.807, 2.05) is 6.07 Å². The van der Waals surface area contributed by atoms with E-state index in [4.69, 9.17) is 13.9 Å². The van der Waals surface area contributed by atoms with Crippen LogP contribution in [0, 0.1) is 13.8 Å². The first kappa shape index (κ1) is 24.5. The Kier molecular flexibility index (Phi) is 6.77. The molecule has 2 aromatic heterocycles. The predicted molar refractivity (Wildman–Crippen MR) is 133 cm³/mol. The van der Waals surface area contributed by atoms with Crippen molar-refractivity contribution in [1.29, 1.82) is 0 Å². The van der Waals surface area contributed by atoms with Crippen molar-refractivity contribution in [2.45, 2.75) is 26.9 Å². The van der Waals surface area contributed by atoms with Gasteiger partial charge in [-0.25, -0.2) is 14.3 Å². The van der Waals surface area contributed by atoms with E-state index in [-0.39, 0.29) is 5.69 Å². The van der Waals surface area contributed by atoms with Crippen molar-refractivity contribution in [3.8, 4) is 11.4 Å². The van der Waals surface area contributed by atoms with E-state index in [1.54, 1.807) is 62.0 Å². The largest absolute Gasteiger partial charge is 0.482 e. The molecule has 2 aromatic carbocycles. The topological polar surface area (TPSA) is 122 Å². The Morgan fingerprint density at radius 3 is 2.50 bits per heavy atom. The second-order valence-corrected chi connectivity index (χ2v) is 8.25. The highest BCUT2D eigenvalue weighted by molar-refractivity contribution is 5.95. The van der Waals surface area contributed by atoms with Crippen LogP contribution in [0.5, 0.6) is 5.75 Å². The van der Waals surface area contributed by atoms with Gasteiger partial charge in [-0.15, -0.1) is 0 Å². The van der Waals surface area contributed by atoms with Crippen molar-refractivity contribution in [3.63, 3.8) is 0 Å². The van der Waals surface area contributed by atoms with Crippen LogP contribution < -0.4 is 21.2 Å². The van der Waals surface area contributed by atoms with Crippen LogP contribution in [0.4, 0.5) is 5.69 Å². The lowest BCUT2D eigenvalue weighted by molar-refractivity contribution is -0.155. The zero-order valence-electron chi connectivity index (χ0n) is 20.2. The van der Waals surface area contributed by atoms with Crippen LogP contribution in [0.1, 0.15) is 18.2 Å². The Labute approximate surface area is 205 Å². The number of para-hydroxylation sites is 1. The van der Waals surface area contributed by atoms with E-state index in [9.17, 15) is 19.2 Å². The number of hydrogen-bond acceptors (Lipinski definition) is 7. The van der Waals surface area contributed by atoms with Gasteiger partial charge in [-0.2, -0.15) is 0 Å². The highest BCUT2D eigenvalue weighted by atomic mass is 16.6. The van der Waals surface area contributed by atoms with Crippen molar-refractivity contribution in [3.05, 3.63) is 86.6 Å². The maximum absolute atomic E-state index is 13.0. The second kappa shape index (κ2) is 9.95. The number of nitrogens with one attached hydrogen (secondary N) is 1. The minimum absolute atomic E-state index is 0.0958. The molecule has 10 nitrogen and oxygen atoms in total. The number of benzene rings is 2. The number of esters is 1. The SMILES string of the molecule is Cc1cc(=O)oc2cc(OCC(=O)OC(C)C(=O)Nc3c(C)n(C)n(-c4ccccc4)c3=O)ccc12. The number of anilines is 1. The second-order valence-electron chi connectivity index (χ2n) is 8.25. The summed E-state index contributed by atoms with van der Waals surface area (Å²) >= 11 is 0. The van der Waals surface area contributed by atoms with Crippen molar-refractivity contribution < 1.29 is 23.5 Å². The molecule has 2 heterocycles. The monoisotopic (exact) mass is 491 g/mol. The molecular formula is C26H25N3O7. The molecule has 0 spiro atoms. The van der Waals surface area contributed by atoms with E-state index in [1.165, 1.54) is 23.7 Å². The molecule has 1 N–H and O–H groups in total. The lowest BCUT2D eigenvalue weighted by Gasteiger charge is -2.13. The maximum Gasteiger partial charge on any atom is 0.344 e. The lowest BCUT2D eigenvalue weighted by atomic mass is 10.1. The molecule has 0 saturated carbocycles. The van der Waals surface area contributed by atoms with E-state index < -0.39 is 35.8 Å². The van der Waals surface area contributed by atoms with Gasteiger partial charge in [-0.05, 0) is 50.6 Å². The molecule has 0 radical (unpaired) electrons. The summed E-state index contributed by atoms with van der Waals surface area (Å²) in [5.41, 5.74) is 1.48. The molecule has 4 rings (SSSR count). The van der Waals surface area contributed by atoms with Gasteiger partial charge in [0.05, 0.1) is 11.4 Å². The number of aryl methyl sites for hydroxylation is 1. The number of ether oxygens (including phenoxy) is 2. The number of fused-ring (bicyclic) bond motifs is 1. The third-order valence-electron chi connectivity index (χ3n) is 5.76. The highest BCUT2D eigenvalue weighted by Gasteiger charge is 2.23. The number of rotatable bonds is 7. The molecule has 0 aliphatic carbocycles. The van der Waals surface area contributed by atoms with Crippen LogP contribution in [0.25, 0.3) is 16.7 Å². The van der Waals surface area contributed by atoms with Crippen molar-refractivity contribution in [2.75, 3.05) is 11.9 Å². The quantitative estimate of drug-likeness (QED) is 0.312. The number of amides is 1. The van der Waals surface area contributed by atoms with Gasteiger partial charge in [0.15, 0.2) is 12.7 Å². The smallest absolute Gasteiger partial charge is 0.344 e. The molecular weight excluding hydrogens is 466 g/mol. The van der Waals surface area contributed by atoms with Gasteiger partial charge in [-0.3, -0.25) is 14.3 Å².